The maximum Gasteiger partial charge on any atom is 0.573 e. The predicted octanol–water partition coefficient (Wildman–Crippen LogP) is 5.78. The lowest BCUT2D eigenvalue weighted by atomic mass is 10.1. The molecule has 0 fully saturated rings. The van der Waals surface area contributed by atoms with Crippen molar-refractivity contribution in [3.05, 3.63) is 58.3 Å². The molecular weight excluding hydrogens is 457 g/mol. The molecule has 0 unspecified atom stereocenters. The van der Waals surface area contributed by atoms with Gasteiger partial charge in [0.2, 0.25) is 0 Å². The maximum absolute atomic E-state index is 12.5. The Morgan fingerprint density at radius 1 is 1.17 bits per heavy atom. The van der Waals surface area contributed by atoms with E-state index in [4.69, 9.17) is 13.9 Å². The van der Waals surface area contributed by atoms with Gasteiger partial charge in [0.15, 0.2) is 0 Å². The first kappa shape index (κ1) is 21.0. The smallest absolute Gasteiger partial charge is 0.488 e. The number of carbonyl (C=O) groups is 1. The first-order valence-electron chi connectivity index (χ1n) is 8.58. The van der Waals surface area contributed by atoms with Crippen LogP contribution < -0.4 is 9.47 Å². The quantitative estimate of drug-likeness (QED) is 0.408. The molecule has 5 nitrogen and oxygen atoms in total. The molecule has 0 N–H and O–H groups in total. The molecule has 0 saturated carbocycles. The van der Waals surface area contributed by atoms with E-state index in [-0.39, 0.29) is 25.4 Å². The van der Waals surface area contributed by atoms with Gasteiger partial charge in [-0.2, -0.15) is 0 Å². The highest BCUT2D eigenvalue weighted by atomic mass is 79.9. The number of alkyl halides is 3. The van der Waals surface area contributed by atoms with E-state index in [2.05, 4.69) is 20.7 Å². The van der Waals surface area contributed by atoms with Crippen molar-refractivity contribution in [3.8, 4) is 11.5 Å². The van der Waals surface area contributed by atoms with Gasteiger partial charge in [-0.15, -0.1) is 13.2 Å². The van der Waals surface area contributed by atoms with E-state index >= 15 is 0 Å². The van der Waals surface area contributed by atoms with Crippen molar-refractivity contribution < 1.29 is 36.6 Å². The molecule has 1 aromatic heterocycles. The summed E-state index contributed by atoms with van der Waals surface area (Å²) in [5.41, 5.74) is 1.83. The number of rotatable bonds is 7. The molecule has 0 amide bonds. The zero-order valence-corrected chi connectivity index (χ0v) is 16.8. The number of furan rings is 1. The molecule has 9 heteroatoms. The number of carbonyl (C=O) groups excluding carboxylic acids is 1. The van der Waals surface area contributed by atoms with Gasteiger partial charge in [0.1, 0.15) is 23.7 Å². The van der Waals surface area contributed by atoms with E-state index in [9.17, 15) is 18.0 Å². The molecule has 0 spiro atoms. The van der Waals surface area contributed by atoms with Gasteiger partial charge in [-0.25, -0.2) is 0 Å². The summed E-state index contributed by atoms with van der Waals surface area (Å²) >= 11 is 3.41. The van der Waals surface area contributed by atoms with Crippen molar-refractivity contribution in [2.45, 2.75) is 26.3 Å². The van der Waals surface area contributed by atoms with Gasteiger partial charge in [0.25, 0.3) is 0 Å². The van der Waals surface area contributed by atoms with Crippen molar-refractivity contribution in [2.24, 2.45) is 0 Å². The van der Waals surface area contributed by atoms with Gasteiger partial charge in [0, 0.05) is 17.0 Å². The van der Waals surface area contributed by atoms with Crippen molar-refractivity contribution in [3.63, 3.8) is 0 Å². The summed E-state index contributed by atoms with van der Waals surface area (Å²) in [6.07, 6.45) is -3.42. The standard InChI is InChI=1S/C20H16BrF3O5/c1-2-26-18(25)9-13-3-4-15(29-20(22,23)24)10-17(13)28-11-12-7-14-5-6-27-19(14)16(21)8-12/h3-8,10H,2,9,11H2,1H3. The average molecular weight is 473 g/mol. The molecular formula is C20H16BrF3O5. The van der Waals surface area contributed by atoms with E-state index < -0.39 is 18.1 Å². The number of halogens is 4. The molecule has 3 aromatic rings. The van der Waals surface area contributed by atoms with Crippen molar-refractivity contribution in [2.75, 3.05) is 6.61 Å². The highest BCUT2D eigenvalue weighted by Gasteiger charge is 2.31. The highest BCUT2D eigenvalue weighted by molar-refractivity contribution is 9.10. The minimum Gasteiger partial charge on any atom is -0.488 e. The van der Waals surface area contributed by atoms with Gasteiger partial charge in [-0.3, -0.25) is 4.79 Å². The summed E-state index contributed by atoms with van der Waals surface area (Å²) in [6, 6.07) is 8.99. The Hall–Kier alpha value is -2.68. The van der Waals surface area contributed by atoms with Gasteiger partial charge < -0.3 is 18.6 Å². The van der Waals surface area contributed by atoms with Crippen LogP contribution in [0.15, 0.2) is 51.6 Å². The summed E-state index contributed by atoms with van der Waals surface area (Å²) in [7, 11) is 0. The Labute approximate surface area is 172 Å². The number of benzene rings is 2. The minimum absolute atomic E-state index is 0.0605. The number of fused-ring (bicyclic) bond motifs is 1. The number of hydrogen-bond acceptors (Lipinski definition) is 5. The number of ether oxygens (including phenoxy) is 3. The van der Waals surface area contributed by atoms with Crippen LogP contribution in [-0.4, -0.2) is 18.9 Å². The van der Waals surface area contributed by atoms with E-state index in [1.165, 1.54) is 6.07 Å². The van der Waals surface area contributed by atoms with Gasteiger partial charge >= 0.3 is 12.3 Å². The van der Waals surface area contributed by atoms with Crippen LogP contribution in [-0.2, 0) is 22.6 Å². The van der Waals surface area contributed by atoms with Crippen molar-refractivity contribution in [1.29, 1.82) is 0 Å². The van der Waals surface area contributed by atoms with E-state index in [1.807, 2.05) is 6.07 Å². The fraction of sp³-hybridized carbons (Fsp3) is 0.250. The summed E-state index contributed by atoms with van der Waals surface area (Å²) in [5, 5.41) is 0.846. The third-order valence-corrected chi connectivity index (χ3v) is 4.46. The van der Waals surface area contributed by atoms with Crippen LogP contribution in [0.5, 0.6) is 11.5 Å². The Balaban J connectivity index is 1.84. The molecule has 0 atom stereocenters. The Bertz CT molecular complexity index is 1010. The second-order valence-corrected chi connectivity index (χ2v) is 6.86. The molecule has 0 aliphatic heterocycles. The van der Waals surface area contributed by atoms with E-state index in [0.29, 0.717) is 11.1 Å². The van der Waals surface area contributed by atoms with Crippen molar-refractivity contribution in [1.82, 2.24) is 0 Å². The zero-order valence-electron chi connectivity index (χ0n) is 15.2. The van der Waals surface area contributed by atoms with Crippen LogP contribution >= 0.6 is 15.9 Å². The second kappa shape index (κ2) is 8.77. The average Bonchev–Trinajstić information content (AvgIpc) is 3.10. The normalized spacial score (nSPS) is 11.5. The molecule has 0 aliphatic carbocycles. The Kier molecular flexibility index (Phi) is 6.36. The molecule has 0 radical (unpaired) electrons. The van der Waals surface area contributed by atoms with Gasteiger partial charge in [0.05, 0.1) is 23.8 Å². The van der Waals surface area contributed by atoms with Gasteiger partial charge in [-0.05, 0) is 52.7 Å². The van der Waals surface area contributed by atoms with Crippen LogP contribution in [0.3, 0.4) is 0 Å². The lowest BCUT2D eigenvalue weighted by Gasteiger charge is -2.15. The molecule has 29 heavy (non-hydrogen) atoms. The molecule has 3 rings (SSSR count). The molecule has 0 saturated heterocycles. The summed E-state index contributed by atoms with van der Waals surface area (Å²) < 4.78 is 58.3. The lowest BCUT2D eigenvalue weighted by molar-refractivity contribution is -0.274. The van der Waals surface area contributed by atoms with Crippen molar-refractivity contribution >= 4 is 32.9 Å². The summed E-state index contributed by atoms with van der Waals surface area (Å²) in [5.74, 6) is -0.848. The maximum atomic E-state index is 12.5. The predicted molar refractivity (Wildman–Crippen MR) is 102 cm³/mol. The van der Waals surface area contributed by atoms with Crippen LogP contribution in [0.2, 0.25) is 0 Å². The van der Waals surface area contributed by atoms with Crippen LogP contribution in [0.25, 0.3) is 11.0 Å². The third-order valence-electron chi connectivity index (χ3n) is 3.87. The molecule has 0 bridgehead atoms. The third kappa shape index (κ3) is 5.66. The minimum atomic E-state index is -4.84. The molecule has 2 aromatic carbocycles. The van der Waals surface area contributed by atoms with Crippen LogP contribution in [0, 0.1) is 0 Å². The Morgan fingerprint density at radius 2 is 1.97 bits per heavy atom. The summed E-state index contributed by atoms with van der Waals surface area (Å²) in [4.78, 5) is 11.8. The topological polar surface area (TPSA) is 57.9 Å². The SMILES string of the molecule is CCOC(=O)Cc1ccc(OC(F)(F)F)cc1OCc1cc(Br)c2occc2c1. The summed E-state index contributed by atoms with van der Waals surface area (Å²) in [6.45, 7) is 1.92. The largest absolute Gasteiger partial charge is 0.573 e. The molecule has 1 heterocycles. The van der Waals surface area contributed by atoms with Crippen LogP contribution in [0.4, 0.5) is 13.2 Å². The second-order valence-electron chi connectivity index (χ2n) is 6.00. The van der Waals surface area contributed by atoms with Crippen LogP contribution in [0.1, 0.15) is 18.1 Å². The monoisotopic (exact) mass is 472 g/mol. The molecule has 154 valence electrons. The van der Waals surface area contributed by atoms with E-state index in [0.717, 1.165) is 27.6 Å². The molecule has 0 aliphatic rings. The highest BCUT2D eigenvalue weighted by Crippen LogP contribution is 2.31. The Morgan fingerprint density at radius 3 is 2.69 bits per heavy atom. The fourth-order valence-corrected chi connectivity index (χ4v) is 3.34. The lowest BCUT2D eigenvalue weighted by Crippen LogP contribution is -2.17. The fourth-order valence-electron chi connectivity index (χ4n) is 2.72. The first-order valence-corrected chi connectivity index (χ1v) is 9.37. The number of hydrogen-bond donors (Lipinski definition) is 0. The van der Waals surface area contributed by atoms with Gasteiger partial charge in [-0.1, -0.05) is 6.07 Å². The van der Waals surface area contributed by atoms with E-state index in [1.54, 1.807) is 25.3 Å². The first-order chi connectivity index (χ1) is 13.7. The zero-order chi connectivity index (χ0) is 21.0. The number of esters is 1.